The molecule has 3 rings (SSSR count). The van der Waals surface area contributed by atoms with Gasteiger partial charge in [-0.15, -0.1) is 23.4 Å². The van der Waals surface area contributed by atoms with Gasteiger partial charge in [0.1, 0.15) is 12.4 Å². The van der Waals surface area contributed by atoms with Crippen LogP contribution in [-0.4, -0.2) is 46.4 Å². The molecule has 0 saturated heterocycles. The lowest BCUT2D eigenvalue weighted by atomic mass is 10.2. The molecule has 7 nitrogen and oxygen atoms in total. The summed E-state index contributed by atoms with van der Waals surface area (Å²) in [6.45, 7) is 2.12. The van der Waals surface area contributed by atoms with Crippen LogP contribution in [0.5, 0.6) is 11.6 Å². The lowest BCUT2D eigenvalue weighted by molar-refractivity contribution is -0.276. The van der Waals surface area contributed by atoms with Gasteiger partial charge < -0.3 is 18.8 Å². The van der Waals surface area contributed by atoms with Crippen LogP contribution < -0.4 is 9.47 Å². The predicted octanol–water partition coefficient (Wildman–Crippen LogP) is 2.13. The van der Waals surface area contributed by atoms with E-state index in [1.807, 2.05) is 0 Å². The Morgan fingerprint density at radius 3 is 2.87 bits per heavy atom. The standard InChI is InChI=1S/C13H13F3N4O3/c1-7-18-19-11-9-3-4-17-12(23-13(14,15)16)10(9)22-6-8(5-21-2)20(7)11/h3-4,8H,5-6H2,1-2H3/t8-/m1/s1. The fraction of sp³-hybridized carbons (Fsp3) is 0.462. The van der Waals surface area contributed by atoms with Gasteiger partial charge in [-0.1, -0.05) is 0 Å². The van der Waals surface area contributed by atoms with Gasteiger partial charge in [-0.25, -0.2) is 4.98 Å². The Morgan fingerprint density at radius 1 is 1.39 bits per heavy atom. The number of rotatable bonds is 3. The topological polar surface area (TPSA) is 71.3 Å². The van der Waals surface area contributed by atoms with Gasteiger partial charge in [0.2, 0.25) is 0 Å². The number of aryl methyl sites for hydroxylation is 1. The van der Waals surface area contributed by atoms with Gasteiger partial charge in [-0.05, 0) is 13.0 Å². The van der Waals surface area contributed by atoms with E-state index in [1.54, 1.807) is 11.5 Å². The lowest BCUT2D eigenvalue weighted by Gasteiger charge is -2.17. The van der Waals surface area contributed by atoms with E-state index >= 15 is 0 Å². The van der Waals surface area contributed by atoms with E-state index in [0.717, 1.165) is 0 Å². The Balaban J connectivity index is 2.11. The van der Waals surface area contributed by atoms with E-state index < -0.39 is 12.2 Å². The summed E-state index contributed by atoms with van der Waals surface area (Å²) < 4.78 is 54.0. The number of hydrogen-bond acceptors (Lipinski definition) is 6. The third kappa shape index (κ3) is 2.93. The zero-order valence-electron chi connectivity index (χ0n) is 12.3. The molecule has 1 atom stereocenters. The normalized spacial score (nSPS) is 17.0. The zero-order valence-corrected chi connectivity index (χ0v) is 12.3. The first-order valence-corrected chi connectivity index (χ1v) is 6.69. The van der Waals surface area contributed by atoms with Crippen molar-refractivity contribution in [1.82, 2.24) is 19.7 Å². The monoisotopic (exact) mass is 330 g/mol. The molecule has 0 aliphatic carbocycles. The van der Waals surface area contributed by atoms with Gasteiger partial charge in [0.25, 0.3) is 5.88 Å². The Morgan fingerprint density at radius 2 is 2.17 bits per heavy atom. The highest BCUT2D eigenvalue weighted by Crippen LogP contribution is 2.41. The fourth-order valence-corrected chi connectivity index (χ4v) is 2.49. The summed E-state index contributed by atoms with van der Waals surface area (Å²) >= 11 is 0. The molecule has 0 spiro atoms. The number of nitrogens with zero attached hydrogens (tertiary/aromatic N) is 4. The average molecular weight is 330 g/mol. The van der Waals surface area contributed by atoms with Crippen molar-refractivity contribution in [3.05, 3.63) is 18.1 Å². The molecule has 3 heterocycles. The highest BCUT2D eigenvalue weighted by atomic mass is 19.4. The van der Waals surface area contributed by atoms with Gasteiger partial charge in [-0.2, -0.15) is 0 Å². The second-order valence-corrected chi connectivity index (χ2v) is 4.90. The second kappa shape index (κ2) is 5.69. The first-order chi connectivity index (χ1) is 10.9. The van der Waals surface area contributed by atoms with Crippen molar-refractivity contribution in [2.45, 2.75) is 19.3 Å². The Hall–Kier alpha value is -2.36. The molecule has 2 aromatic heterocycles. The first kappa shape index (κ1) is 15.5. The minimum absolute atomic E-state index is 0.0760. The molecular formula is C13H13F3N4O3. The van der Waals surface area contributed by atoms with E-state index in [2.05, 4.69) is 19.9 Å². The van der Waals surface area contributed by atoms with Crippen LogP contribution >= 0.6 is 0 Å². The molecule has 2 aromatic rings. The Kier molecular flexibility index (Phi) is 3.84. The number of halogens is 3. The molecule has 0 amide bonds. The van der Waals surface area contributed by atoms with Crippen molar-refractivity contribution in [1.29, 1.82) is 0 Å². The highest BCUT2D eigenvalue weighted by Gasteiger charge is 2.36. The smallest absolute Gasteiger partial charge is 0.485 e. The number of hydrogen-bond donors (Lipinski definition) is 0. The van der Waals surface area contributed by atoms with Crippen molar-refractivity contribution in [3.63, 3.8) is 0 Å². The van der Waals surface area contributed by atoms with Crippen LogP contribution in [-0.2, 0) is 4.74 Å². The molecule has 0 radical (unpaired) electrons. The van der Waals surface area contributed by atoms with Crippen LogP contribution in [0.3, 0.4) is 0 Å². The summed E-state index contributed by atoms with van der Waals surface area (Å²) in [5.41, 5.74) is 0.332. The second-order valence-electron chi connectivity index (χ2n) is 4.90. The van der Waals surface area contributed by atoms with Gasteiger partial charge in [-0.3, -0.25) is 0 Å². The van der Waals surface area contributed by atoms with Crippen molar-refractivity contribution in [3.8, 4) is 23.0 Å². The van der Waals surface area contributed by atoms with Crippen LogP contribution in [0.2, 0.25) is 0 Å². The number of pyridine rings is 1. The number of methoxy groups -OCH3 is 1. The molecule has 0 aromatic carbocycles. The minimum Gasteiger partial charge on any atom is -0.485 e. The summed E-state index contributed by atoms with van der Waals surface area (Å²) in [5, 5.41) is 8.03. The molecule has 1 aliphatic heterocycles. The molecule has 0 bridgehead atoms. The molecule has 0 saturated carbocycles. The average Bonchev–Trinajstić information content (AvgIpc) is 2.76. The quantitative estimate of drug-likeness (QED) is 0.858. The van der Waals surface area contributed by atoms with E-state index in [0.29, 0.717) is 23.8 Å². The third-order valence-corrected chi connectivity index (χ3v) is 3.34. The number of fused-ring (bicyclic) bond motifs is 3. The summed E-state index contributed by atoms with van der Waals surface area (Å²) in [5.74, 6) is 0.220. The summed E-state index contributed by atoms with van der Waals surface area (Å²) in [7, 11) is 1.52. The number of alkyl halides is 3. The number of ether oxygens (including phenoxy) is 3. The maximum atomic E-state index is 12.5. The van der Waals surface area contributed by atoms with E-state index in [-0.39, 0.29) is 18.4 Å². The van der Waals surface area contributed by atoms with Crippen LogP contribution in [0.15, 0.2) is 12.3 Å². The Bertz CT molecular complexity index is 717. The van der Waals surface area contributed by atoms with Crippen LogP contribution in [0.4, 0.5) is 13.2 Å². The Labute approximate surface area is 129 Å². The van der Waals surface area contributed by atoms with Gasteiger partial charge >= 0.3 is 6.36 Å². The summed E-state index contributed by atoms with van der Waals surface area (Å²) in [6, 6.07) is 1.23. The maximum Gasteiger partial charge on any atom is 0.574 e. The molecule has 10 heteroatoms. The largest absolute Gasteiger partial charge is 0.574 e. The molecule has 124 valence electrons. The van der Waals surface area contributed by atoms with Crippen molar-refractivity contribution >= 4 is 0 Å². The minimum atomic E-state index is -4.87. The molecule has 0 unspecified atom stereocenters. The lowest BCUT2D eigenvalue weighted by Crippen LogP contribution is -2.22. The molecule has 1 aliphatic rings. The maximum absolute atomic E-state index is 12.5. The van der Waals surface area contributed by atoms with Gasteiger partial charge in [0, 0.05) is 13.3 Å². The van der Waals surface area contributed by atoms with Crippen molar-refractivity contribution < 1.29 is 27.4 Å². The molecule has 0 fully saturated rings. The van der Waals surface area contributed by atoms with E-state index in [9.17, 15) is 13.2 Å². The van der Waals surface area contributed by atoms with Crippen LogP contribution in [0, 0.1) is 6.92 Å². The van der Waals surface area contributed by atoms with Crippen LogP contribution in [0.25, 0.3) is 11.4 Å². The number of aromatic nitrogens is 4. The van der Waals surface area contributed by atoms with Gasteiger partial charge in [0.05, 0.1) is 18.2 Å². The van der Waals surface area contributed by atoms with Gasteiger partial charge in [0.15, 0.2) is 11.6 Å². The first-order valence-electron chi connectivity index (χ1n) is 6.69. The molecular weight excluding hydrogens is 317 g/mol. The van der Waals surface area contributed by atoms with Crippen molar-refractivity contribution in [2.75, 3.05) is 20.3 Å². The molecule has 23 heavy (non-hydrogen) atoms. The van der Waals surface area contributed by atoms with Crippen LogP contribution in [0.1, 0.15) is 11.9 Å². The predicted molar refractivity (Wildman–Crippen MR) is 71.1 cm³/mol. The highest BCUT2D eigenvalue weighted by molar-refractivity contribution is 5.68. The SMILES string of the molecule is COC[C@@H]1COc2c(ccnc2OC(F)(F)F)-c2nnc(C)n21. The molecule has 0 N–H and O–H groups in total. The summed E-state index contributed by atoms with van der Waals surface area (Å²) in [4.78, 5) is 3.61. The fourth-order valence-electron chi connectivity index (χ4n) is 2.49. The van der Waals surface area contributed by atoms with Crippen molar-refractivity contribution in [2.24, 2.45) is 0 Å². The third-order valence-electron chi connectivity index (χ3n) is 3.34. The van der Waals surface area contributed by atoms with E-state index in [1.165, 1.54) is 19.4 Å². The zero-order chi connectivity index (χ0) is 16.6. The summed E-state index contributed by atoms with van der Waals surface area (Å²) in [6.07, 6.45) is -3.67. The van der Waals surface area contributed by atoms with E-state index in [4.69, 9.17) is 9.47 Å².